The molecule has 0 spiro atoms. The van der Waals surface area contributed by atoms with Crippen LogP contribution in [0.2, 0.25) is 0 Å². The van der Waals surface area contributed by atoms with Crippen molar-refractivity contribution in [1.82, 2.24) is 9.97 Å². The molecule has 1 aromatic heterocycles. The Morgan fingerprint density at radius 2 is 2.00 bits per heavy atom. The number of rotatable bonds is 4. The van der Waals surface area contributed by atoms with Crippen LogP contribution in [0.5, 0.6) is 0 Å². The van der Waals surface area contributed by atoms with E-state index in [1.54, 1.807) is 6.08 Å². The van der Waals surface area contributed by atoms with E-state index >= 15 is 0 Å². The number of aromatic nitrogens is 2. The van der Waals surface area contributed by atoms with Crippen LogP contribution in [-0.4, -0.2) is 21.6 Å². The first-order chi connectivity index (χ1) is 12.7. The Kier molecular flexibility index (Phi) is 4.34. The average molecular weight is 363 g/mol. The number of aromatic amines is 1. The number of amides is 1. The summed E-state index contributed by atoms with van der Waals surface area (Å²) in [6, 6.07) is 14.1. The number of carbonyl (C=O) groups is 1. The van der Waals surface area contributed by atoms with Crippen molar-refractivity contribution in [2.45, 2.75) is 17.5 Å². The predicted octanol–water partition coefficient (Wildman–Crippen LogP) is 3.68. The molecule has 26 heavy (non-hydrogen) atoms. The fraction of sp³-hybridized carbons (Fsp3) is 0.150. The van der Waals surface area contributed by atoms with Gasteiger partial charge in [0.25, 0.3) is 5.56 Å². The van der Waals surface area contributed by atoms with Crippen LogP contribution in [0.25, 0.3) is 10.8 Å². The predicted molar refractivity (Wildman–Crippen MR) is 105 cm³/mol. The molecule has 1 aliphatic rings. The molecule has 1 unspecified atom stereocenters. The third kappa shape index (κ3) is 3.04. The van der Waals surface area contributed by atoms with Crippen molar-refractivity contribution >= 4 is 34.3 Å². The minimum Gasteiger partial charge on any atom is -0.310 e. The molecule has 1 amide bonds. The molecule has 1 atom stereocenters. The van der Waals surface area contributed by atoms with E-state index in [-0.39, 0.29) is 23.8 Å². The number of nitrogens with one attached hydrogen (secondary N) is 2. The molecule has 5 nitrogen and oxygen atoms in total. The van der Waals surface area contributed by atoms with Crippen molar-refractivity contribution in [3.05, 3.63) is 76.6 Å². The first kappa shape index (κ1) is 16.6. The molecule has 130 valence electrons. The van der Waals surface area contributed by atoms with Crippen molar-refractivity contribution in [2.24, 2.45) is 0 Å². The van der Waals surface area contributed by atoms with E-state index in [0.717, 1.165) is 16.3 Å². The molecule has 2 aromatic carbocycles. The topological polar surface area (TPSA) is 74.8 Å². The Labute approximate surface area is 154 Å². The molecular formula is C20H17N3O2S. The van der Waals surface area contributed by atoms with Gasteiger partial charge in [0.15, 0.2) is 5.16 Å². The highest BCUT2D eigenvalue weighted by Gasteiger charge is 2.31. The van der Waals surface area contributed by atoms with Gasteiger partial charge in [-0.05, 0) is 16.3 Å². The third-order valence-corrected chi connectivity index (χ3v) is 5.31. The molecule has 2 N–H and O–H groups in total. The Hall–Kier alpha value is -2.86. The lowest BCUT2D eigenvalue weighted by Crippen LogP contribution is -2.31. The molecule has 0 fully saturated rings. The smallest absolute Gasteiger partial charge is 0.257 e. The summed E-state index contributed by atoms with van der Waals surface area (Å²) in [5.74, 6) is 0.547. The number of benzene rings is 2. The minimum atomic E-state index is -0.307. The Morgan fingerprint density at radius 1 is 1.19 bits per heavy atom. The summed E-state index contributed by atoms with van der Waals surface area (Å²) in [4.78, 5) is 32.2. The first-order valence-electron chi connectivity index (χ1n) is 8.32. The van der Waals surface area contributed by atoms with E-state index in [1.807, 2.05) is 42.5 Å². The fourth-order valence-corrected chi connectivity index (χ4v) is 3.86. The zero-order chi connectivity index (χ0) is 18.1. The summed E-state index contributed by atoms with van der Waals surface area (Å²) in [6.45, 7) is 3.66. The lowest BCUT2D eigenvalue weighted by atomic mass is 9.86. The van der Waals surface area contributed by atoms with E-state index in [2.05, 4.69) is 21.9 Å². The molecule has 0 radical (unpaired) electrons. The van der Waals surface area contributed by atoms with Gasteiger partial charge in [-0.25, -0.2) is 4.98 Å². The SMILES string of the molecule is C=CCSc1nc2c(c(=O)[nH]1)C(c1ccc3ccccc3c1)CC(=O)N2. The van der Waals surface area contributed by atoms with Crippen LogP contribution < -0.4 is 10.9 Å². The van der Waals surface area contributed by atoms with Crippen molar-refractivity contribution < 1.29 is 4.79 Å². The number of anilines is 1. The van der Waals surface area contributed by atoms with Crippen LogP contribution in [0.3, 0.4) is 0 Å². The minimum absolute atomic E-state index is 0.131. The van der Waals surface area contributed by atoms with Gasteiger partial charge in [0.2, 0.25) is 5.91 Å². The molecule has 6 heteroatoms. The third-order valence-electron chi connectivity index (χ3n) is 4.44. The van der Waals surface area contributed by atoms with E-state index in [4.69, 9.17) is 0 Å². The van der Waals surface area contributed by atoms with Gasteiger partial charge in [-0.2, -0.15) is 0 Å². The van der Waals surface area contributed by atoms with Crippen LogP contribution in [0.1, 0.15) is 23.5 Å². The molecule has 0 bridgehead atoms. The Balaban J connectivity index is 1.82. The van der Waals surface area contributed by atoms with Crippen molar-refractivity contribution in [2.75, 3.05) is 11.1 Å². The maximum Gasteiger partial charge on any atom is 0.257 e. The van der Waals surface area contributed by atoms with Gasteiger partial charge in [-0.15, -0.1) is 6.58 Å². The van der Waals surface area contributed by atoms with E-state index in [9.17, 15) is 9.59 Å². The van der Waals surface area contributed by atoms with Gasteiger partial charge in [0, 0.05) is 18.1 Å². The number of hydrogen-bond acceptors (Lipinski definition) is 4. The highest BCUT2D eigenvalue weighted by Crippen LogP contribution is 2.35. The molecule has 4 rings (SSSR count). The molecule has 0 saturated heterocycles. The monoisotopic (exact) mass is 363 g/mol. The summed E-state index contributed by atoms with van der Waals surface area (Å²) < 4.78 is 0. The largest absolute Gasteiger partial charge is 0.310 e. The van der Waals surface area contributed by atoms with Gasteiger partial charge < -0.3 is 10.3 Å². The zero-order valence-corrected chi connectivity index (χ0v) is 14.8. The van der Waals surface area contributed by atoms with Gasteiger partial charge in [-0.1, -0.05) is 60.3 Å². The fourth-order valence-electron chi connectivity index (χ4n) is 3.27. The summed E-state index contributed by atoms with van der Waals surface area (Å²) >= 11 is 1.37. The van der Waals surface area contributed by atoms with Gasteiger partial charge in [0.1, 0.15) is 5.82 Å². The molecule has 0 saturated carbocycles. The summed E-state index contributed by atoms with van der Waals surface area (Å²) in [5.41, 5.74) is 1.25. The normalized spacial score (nSPS) is 16.2. The Morgan fingerprint density at radius 3 is 2.81 bits per heavy atom. The Bertz CT molecular complexity index is 1070. The van der Waals surface area contributed by atoms with Crippen molar-refractivity contribution in [3.8, 4) is 0 Å². The quantitative estimate of drug-likeness (QED) is 0.421. The summed E-state index contributed by atoms with van der Waals surface area (Å²) in [5, 5.41) is 5.43. The highest BCUT2D eigenvalue weighted by atomic mass is 32.2. The van der Waals surface area contributed by atoms with E-state index < -0.39 is 0 Å². The van der Waals surface area contributed by atoms with Crippen molar-refractivity contribution in [3.63, 3.8) is 0 Å². The first-order valence-corrected chi connectivity index (χ1v) is 9.30. The van der Waals surface area contributed by atoms with Crippen LogP contribution >= 0.6 is 11.8 Å². The standard InChI is InChI=1S/C20H17N3O2S/c1-2-9-26-20-22-18-17(19(25)23-20)15(11-16(24)21-18)14-8-7-12-5-3-4-6-13(12)10-14/h2-8,10,15H,1,9,11H2,(H2,21,22,23,24,25). The molecule has 1 aliphatic heterocycles. The number of fused-ring (bicyclic) bond motifs is 2. The number of thioether (sulfide) groups is 1. The van der Waals surface area contributed by atoms with Crippen LogP contribution in [0, 0.1) is 0 Å². The number of carbonyl (C=O) groups excluding carboxylic acids is 1. The summed E-state index contributed by atoms with van der Waals surface area (Å²) in [6.07, 6.45) is 1.97. The second-order valence-corrected chi connectivity index (χ2v) is 7.15. The van der Waals surface area contributed by atoms with Crippen molar-refractivity contribution in [1.29, 1.82) is 0 Å². The average Bonchev–Trinajstić information content (AvgIpc) is 2.65. The molecule has 3 aromatic rings. The second kappa shape index (κ2) is 6.80. The lowest BCUT2D eigenvalue weighted by molar-refractivity contribution is -0.116. The summed E-state index contributed by atoms with van der Waals surface area (Å²) in [7, 11) is 0. The van der Waals surface area contributed by atoms with E-state index in [0.29, 0.717) is 22.3 Å². The lowest BCUT2D eigenvalue weighted by Gasteiger charge is -2.24. The van der Waals surface area contributed by atoms with Crippen LogP contribution in [0.15, 0.2) is 65.1 Å². The zero-order valence-electron chi connectivity index (χ0n) is 14.0. The second-order valence-electron chi connectivity index (χ2n) is 6.14. The maximum atomic E-state index is 12.7. The highest BCUT2D eigenvalue weighted by molar-refractivity contribution is 7.99. The van der Waals surface area contributed by atoms with Gasteiger partial charge in [-0.3, -0.25) is 9.59 Å². The number of H-pyrrole nitrogens is 1. The number of hydrogen-bond donors (Lipinski definition) is 2. The molecule has 2 heterocycles. The van der Waals surface area contributed by atoms with E-state index in [1.165, 1.54) is 11.8 Å². The van der Waals surface area contributed by atoms with Crippen LogP contribution in [0.4, 0.5) is 5.82 Å². The van der Waals surface area contributed by atoms with Gasteiger partial charge >= 0.3 is 0 Å². The van der Waals surface area contributed by atoms with Gasteiger partial charge in [0.05, 0.1) is 5.56 Å². The molecule has 0 aliphatic carbocycles. The maximum absolute atomic E-state index is 12.7. The molecular weight excluding hydrogens is 346 g/mol. The number of nitrogens with zero attached hydrogens (tertiary/aromatic N) is 1. The van der Waals surface area contributed by atoms with Crippen LogP contribution in [-0.2, 0) is 4.79 Å².